The minimum Gasteiger partial charge on any atom is -0.375 e. The van der Waals surface area contributed by atoms with E-state index < -0.39 is 11.5 Å². The lowest BCUT2D eigenvalue weighted by atomic mass is 9.89. The van der Waals surface area contributed by atoms with Crippen molar-refractivity contribution in [2.75, 3.05) is 11.4 Å². The molecule has 1 aliphatic rings. The second kappa shape index (κ2) is 6.34. The van der Waals surface area contributed by atoms with Gasteiger partial charge in [-0.15, -0.1) is 17.8 Å². The third-order valence-electron chi connectivity index (χ3n) is 3.81. The van der Waals surface area contributed by atoms with Crippen molar-refractivity contribution in [2.45, 2.75) is 12.0 Å². The maximum absolute atomic E-state index is 12.7. The molecule has 0 saturated carbocycles. The van der Waals surface area contributed by atoms with Crippen LogP contribution in [0.4, 0.5) is 5.69 Å². The summed E-state index contributed by atoms with van der Waals surface area (Å²) < 4.78 is 1.17. The quantitative estimate of drug-likeness (QED) is 0.603. The zero-order chi connectivity index (χ0) is 17.5. The number of thiophene rings is 1. The summed E-state index contributed by atoms with van der Waals surface area (Å²) in [6, 6.07) is 8.27. The van der Waals surface area contributed by atoms with E-state index in [4.69, 9.17) is 18.0 Å². The Kier molecular flexibility index (Phi) is 4.54. The van der Waals surface area contributed by atoms with Gasteiger partial charge in [-0.05, 0) is 30.3 Å². The van der Waals surface area contributed by atoms with Crippen molar-refractivity contribution < 1.29 is 14.7 Å². The number of amides is 1. The first-order valence-corrected chi connectivity index (χ1v) is 8.92. The van der Waals surface area contributed by atoms with Crippen molar-refractivity contribution in [1.82, 2.24) is 0 Å². The van der Waals surface area contributed by atoms with Gasteiger partial charge < -0.3 is 5.11 Å². The molecule has 1 aliphatic heterocycles. The van der Waals surface area contributed by atoms with Gasteiger partial charge in [0.25, 0.3) is 5.91 Å². The zero-order valence-corrected chi connectivity index (χ0v) is 15.4. The number of ketones is 1. The fourth-order valence-electron chi connectivity index (χ4n) is 2.73. The van der Waals surface area contributed by atoms with Crippen molar-refractivity contribution in [3.63, 3.8) is 0 Å². The number of fused-ring (bicyclic) bond motifs is 1. The third-order valence-corrected chi connectivity index (χ3v) is 5.57. The first kappa shape index (κ1) is 17.2. The van der Waals surface area contributed by atoms with Crippen LogP contribution in [0.2, 0.25) is 4.34 Å². The Morgan fingerprint density at radius 1 is 1.42 bits per heavy atom. The number of terminal acetylenes is 1. The molecular weight excluding hydrogens is 414 g/mol. The highest BCUT2D eigenvalue weighted by Crippen LogP contribution is 2.44. The molecule has 0 saturated heterocycles. The fraction of sp³-hybridized carbons (Fsp3) is 0.176. The third kappa shape index (κ3) is 2.78. The number of rotatable bonds is 4. The van der Waals surface area contributed by atoms with E-state index in [0.717, 1.165) is 11.3 Å². The van der Waals surface area contributed by atoms with E-state index in [1.165, 1.54) is 4.90 Å². The number of aliphatic hydroxyl groups is 1. The minimum absolute atomic E-state index is 0.0226. The van der Waals surface area contributed by atoms with Gasteiger partial charge in [-0.3, -0.25) is 14.5 Å². The van der Waals surface area contributed by atoms with Crippen molar-refractivity contribution in [1.29, 1.82) is 0 Å². The highest BCUT2D eigenvalue weighted by atomic mass is 79.9. The zero-order valence-electron chi connectivity index (χ0n) is 12.3. The summed E-state index contributed by atoms with van der Waals surface area (Å²) in [6.45, 7) is 0.0226. The van der Waals surface area contributed by atoms with Crippen molar-refractivity contribution in [3.8, 4) is 12.3 Å². The minimum atomic E-state index is -1.94. The van der Waals surface area contributed by atoms with E-state index in [9.17, 15) is 14.7 Å². The number of anilines is 1. The molecule has 1 amide bonds. The highest BCUT2D eigenvalue weighted by molar-refractivity contribution is 9.10. The Morgan fingerprint density at radius 3 is 2.79 bits per heavy atom. The van der Waals surface area contributed by atoms with Gasteiger partial charge in [-0.25, -0.2) is 0 Å². The normalized spacial score (nSPS) is 19.2. The lowest BCUT2D eigenvalue weighted by molar-refractivity contribution is -0.135. The number of benzene rings is 1. The van der Waals surface area contributed by atoms with Crippen LogP contribution in [0.25, 0.3) is 0 Å². The second-order valence-electron chi connectivity index (χ2n) is 5.32. The molecule has 0 bridgehead atoms. The van der Waals surface area contributed by atoms with Crippen LogP contribution in [0.3, 0.4) is 0 Å². The Morgan fingerprint density at radius 2 is 2.17 bits per heavy atom. The molecule has 0 radical (unpaired) electrons. The summed E-state index contributed by atoms with van der Waals surface area (Å²) in [7, 11) is 0. The summed E-state index contributed by atoms with van der Waals surface area (Å²) in [5, 5.41) is 11.0. The number of hydrogen-bond donors (Lipinski definition) is 1. The molecule has 0 aliphatic carbocycles. The van der Waals surface area contributed by atoms with Crippen LogP contribution in [-0.4, -0.2) is 23.3 Å². The van der Waals surface area contributed by atoms with Crippen LogP contribution in [0.5, 0.6) is 0 Å². The first-order chi connectivity index (χ1) is 11.4. The molecule has 0 fully saturated rings. The number of halogens is 2. The molecule has 1 atom stereocenters. The van der Waals surface area contributed by atoms with E-state index in [0.29, 0.717) is 24.9 Å². The summed E-state index contributed by atoms with van der Waals surface area (Å²) in [6.07, 6.45) is 4.96. The number of carbonyl (C=O) groups is 2. The van der Waals surface area contributed by atoms with Crippen molar-refractivity contribution >= 4 is 56.2 Å². The first-order valence-electron chi connectivity index (χ1n) is 6.93. The monoisotopic (exact) mass is 423 g/mol. The maximum Gasteiger partial charge on any atom is 0.265 e. The molecule has 1 aromatic heterocycles. The summed E-state index contributed by atoms with van der Waals surface area (Å²) in [5.41, 5.74) is -1.06. The Balaban J connectivity index is 2.02. The smallest absolute Gasteiger partial charge is 0.265 e. The van der Waals surface area contributed by atoms with Gasteiger partial charge in [-0.2, -0.15) is 0 Å². The number of carbonyl (C=O) groups excluding carboxylic acids is 2. The molecule has 4 nitrogen and oxygen atoms in total. The maximum atomic E-state index is 12.7. The molecule has 2 heterocycles. The molecule has 24 heavy (non-hydrogen) atoms. The average molecular weight is 425 g/mol. The van der Waals surface area contributed by atoms with E-state index in [1.807, 2.05) is 0 Å². The Labute approximate surface area is 156 Å². The fourth-order valence-corrected chi connectivity index (χ4v) is 4.07. The highest BCUT2D eigenvalue weighted by Gasteiger charge is 2.51. The van der Waals surface area contributed by atoms with Crippen molar-refractivity contribution in [3.05, 3.63) is 49.6 Å². The van der Waals surface area contributed by atoms with Crippen LogP contribution in [-0.2, 0) is 10.4 Å². The average Bonchev–Trinajstić information content (AvgIpc) is 3.05. The predicted molar refractivity (Wildman–Crippen MR) is 97.5 cm³/mol. The number of Topliss-reactive ketones (excluding diaryl/α,β-unsaturated/α-hetero) is 1. The molecular formula is C17H11BrClNO3S. The molecule has 1 aromatic carbocycles. The SMILES string of the molecule is C#CCN1C(=O)[C@](O)(CC(=O)c2ccc(Cl)s2)c2cc(Br)ccc21. The predicted octanol–water partition coefficient (Wildman–Crippen LogP) is 3.60. The van der Waals surface area contributed by atoms with Crippen LogP contribution < -0.4 is 4.90 Å². The van der Waals surface area contributed by atoms with Gasteiger partial charge in [0.15, 0.2) is 11.4 Å². The molecule has 1 N–H and O–H groups in total. The summed E-state index contributed by atoms with van der Waals surface area (Å²) >= 11 is 10.3. The second-order valence-corrected chi connectivity index (χ2v) is 7.95. The van der Waals surface area contributed by atoms with E-state index in [1.54, 1.807) is 30.3 Å². The van der Waals surface area contributed by atoms with E-state index in [2.05, 4.69) is 21.9 Å². The lowest BCUT2D eigenvalue weighted by Crippen LogP contribution is -2.42. The van der Waals surface area contributed by atoms with Crippen molar-refractivity contribution in [2.24, 2.45) is 0 Å². The van der Waals surface area contributed by atoms with E-state index in [-0.39, 0.29) is 18.7 Å². The molecule has 7 heteroatoms. The topological polar surface area (TPSA) is 57.6 Å². The van der Waals surface area contributed by atoms with Gasteiger partial charge in [0.2, 0.25) is 0 Å². The van der Waals surface area contributed by atoms with Crippen LogP contribution in [0.1, 0.15) is 21.7 Å². The number of hydrogen-bond acceptors (Lipinski definition) is 4. The van der Waals surface area contributed by atoms with E-state index >= 15 is 0 Å². The summed E-state index contributed by atoms with van der Waals surface area (Å²) in [5.74, 6) is 1.46. The molecule has 3 rings (SSSR count). The van der Waals surface area contributed by atoms with Gasteiger partial charge in [-0.1, -0.05) is 33.5 Å². The van der Waals surface area contributed by atoms with Crippen LogP contribution >= 0.6 is 38.9 Å². The molecule has 0 spiro atoms. The molecule has 2 aromatic rings. The summed E-state index contributed by atoms with van der Waals surface area (Å²) in [4.78, 5) is 27.0. The lowest BCUT2D eigenvalue weighted by Gasteiger charge is -2.21. The van der Waals surface area contributed by atoms with Crippen LogP contribution in [0.15, 0.2) is 34.8 Å². The standard InChI is InChI=1S/C17H11BrClNO3S/c1-2-7-20-12-4-3-10(18)8-11(12)17(23,16(20)22)9-13(21)14-5-6-15(19)24-14/h1,3-6,8,23H,7,9H2/t17-/m0/s1. The van der Waals surface area contributed by atoms with Gasteiger partial charge >= 0.3 is 0 Å². The van der Waals surface area contributed by atoms with Gasteiger partial charge in [0.1, 0.15) is 0 Å². The molecule has 122 valence electrons. The molecule has 0 unspecified atom stereocenters. The Hall–Kier alpha value is -1.65. The van der Waals surface area contributed by atoms with Gasteiger partial charge in [0, 0.05) is 10.0 Å². The van der Waals surface area contributed by atoms with Crippen LogP contribution in [0, 0.1) is 12.3 Å². The Bertz CT molecular complexity index is 888. The van der Waals surface area contributed by atoms with Gasteiger partial charge in [0.05, 0.1) is 27.9 Å². The largest absolute Gasteiger partial charge is 0.375 e. The number of nitrogens with zero attached hydrogens (tertiary/aromatic N) is 1.